The van der Waals surface area contributed by atoms with E-state index in [9.17, 15) is 22.9 Å². The number of likely N-dealkylation sites (tertiary alicyclic amines) is 1. The number of piperidine rings is 1. The first kappa shape index (κ1) is 22.1. The van der Waals surface area contributed by atoms with Crippen molar-refractivity contribution in [2.45, 2.75) is 25.3 Å². The van der Waals surface area contributed by atoms with Gasteiger partial charge in [-0.3, -0.25) is 18.8 Å². The molecule has 0 bridgehead atoms. The van der Waals surface area contributed by atoms with Gasteiger partial charge in [-0.1, -0.05) is 12.1 Å². The minimum absolute atomic E-state index is 0.0716. The second-order valence-electron chi connectivity index (χ2n) is 7.28. The lowest BCUT2D eigenvalue weighted by Gasteiger charge is -2.43. The molecular weight excluding hydrogens is 406 g/mol. The van der Waals surface area contributed by atoms with Gasteiger partial charge in [0, 0.05) is 48.5 Å². The van der Waals surface area contributed by atoms with Crippen molar-refractivity contribution < 1.29 is 32.4 Å². The highest BCUT2D eigenvalue weighted by Gasteiger charge is 2.37. The van der Waals surface area contributed by atoms with E-state index in [1.54, 1.807) is 12.1 Å². The third kappa shape index (κ3) is 5.71. The van der Waals surface area contributed by atoms with E-state index in [0.29, 0.717) is 44.1 Å². The molecule has 3 unspecified atom stereocenters. The summed E-state index contributed by atoms with van der Waals surface area (Å²) in [7, 11) is 0.484. The van der Waals surface area contributed by atoms with Crippen LogP contribution in [-0.2, 0) is 20.3 Å². The molecule has 0 aromatic heterocycles. The average molecular weight is 432 g/mol. The molecule has 3 rings (SSSR count). The van der Waals surface area contributed by atoms with Gasteiger partial charge >= 0.3 is 12.6 Å². The van der Waals surface area contributed by atoms with E-state index in [1.165, 1.54) is 19.2 Å². The van der Waals surface area contributed by atoms with Gasteiger partial charge in [0.15, 0.2) is 6.35 Å². The van der Waals surface area contributed by atoms with Crippen LogP contribution < -0.4 is 4.74 Å². The van der Waals surface area contributed by atoms with Gasteiger partial charge in [0.25, 0.3) is 0 Å². The van der Waals surface area contributed by atoms with E-state index < -0.39 is 29.7 Å². The number of carbonyl (C=O) groups is 1. The Morgan fingerprint density at radius 2 is 1.83 bits per heavy atom. The number of nitrogens with zero attached hydrogens (tertiary/aromatic N) is 2. The number of carbonyl (C=O) groups excluding carboxylic acids is 1. The summed E-state index contributed by atoms with van der Waals surface area (Å²) < 4.78 is 45.6. The number of halogens is 2. The SMILES string of the molecule is COC(=O)C1CC(c2ccc(OC(F)F)cc2)CN(C(O)N2CCS(=O)CC2)C1. The van der Waals surface area contributed by atoms with Gasteiger partial charge in [0.1, 0.15) is 5.75 Å². The van der Waals surface area contributed by atoms with Gasteiger partial charge in [0.2, 0.25) is 0 Å². The quantitative estimate of drug-likeness (QED) is 0.677. The summed E-state index contributed by atoms with van der Waals surface area (Å²) in [6.45, 7) is -0.974. The van der Waals surface area contributed by atoms with E-state index in [-0.39, 0.29) is 17.6 Å². The fourth-order valence-corrected chi connectivity index (χ4v) is 5.02. The lowest BCUT2D eigenvalue weighted by molar-refractivity contribution is -0.156. The van der Waals surface area contributed by atoms with Gasteiger partial charge in [-0.05, 0) is 30.0 Å². The maximum Gasteiger partial charge on any atom is 0.387 e. The van der Waals surface area contributed by atoms with Crippen LogP contribution in [-0.4, -0.2) is 82.8 Å². The van der Waals surface area contributed by atoms with Crippen molar-refractivity contribution >= 4 is 16.8 Å². The summed E-state index contributed by atoms with van der Waals surface area (Å²) in [5, 5.41) is 10.9. The lowest BCUT2D eigenvalue weighted by atomic mass is 9.84. The molecule has 2 fully saturated rings. The summed E-state index contributed by atoms with van der Waals surface area (Å²) in [5.74, 6) is 0.263. The molecule has 3 atom stereocenters. The van der Waals surface area contributed by atoms with E-state index in [1.807, 2.05) is 9.80 Å². The molecule has 0 amide bonds. The molecule has 2 aliphatic heterocycles. The highest BCUT2D eigenvalue weighted by atomic mass is 32.2. The van der Waals surface area contributed by atoms with Crippen molar-refractivity contribution in [2.75, 3.05) is 44.8 Å². The van der Waals surface area contributed by atoms with E-state index in [0.717, 1.165) is 5.56 Å². The number of esters is 1. The zero-order valence-corrected chi connectivity index (χ0v) is 17.0. The Kier molecular flexibility index (Phi) is 7.55. The number of methoxy groups -OCH3 is 1. The molecule has 1 N–H and O–H groups in total. The molecule has 7 nitrogen and oxygen atoms in total. The van der Waals surface area contributed by atoms with Crippen molar-refractivity contribution in [3.63, 3.8) is 0 Å². The van der Waals surface area contributed by atoms with Crippen molar-refractivity contribution in [3.05, 3.63) is 29.8 Å². The Bertz CT molecular complexity index is 711. The molecule has 2 saturated heterocycles. The smallest absolute Gasteiger partial charge is 0.387 e. The number of alkyl halides is 2. The minimum atomic E-state index is -2.89. The summed E-state index contributed by atoms with van der Waals surface area (Å²) in [6.07, 6.45) is -0.349. The van der Waals surface area contributed by atoms with Crippen LogP contribution in [0.3, 0.4) is 0 Å². The predicted octanol–water partition coefficient (Wildman–Crippen LogP) is 1.21. The van der Waals surface area contributed by atoms with Crippen LogP contribution in [0.1, 0.15) is 17.9 Å². The zero-order valence-electron chi connectivity index (χ0n) is 16.2. The van der Waals surface area contributed by atoms with E-state index >= 15 is 0 Å². The van der Waals surface area contributed by atoms with Crippen LogP contribution in [0.15, 0.2) is 24.3 Å². The zero-order chi connectivity index (χ0) is 21.0. The number of hydrogen-bond acceptors (Lipinski definition) is 7. The molecule has 2 aliphatic rings. The Labute approximate surface area is 171 Å². The maximum atomic E-state index is 12.4. The van der Waals surface area contributed by atoms with Gasteiger partial charge < -0.3 is 14.6 Å². The fourth-order valence-electron chi connectivity index (χ4n) is 3.94. The summed E-state index contributed by atoms with van der Waals surface area (Å²) in [5.41, 5.74) is 0.872. The predicted molar refractivity (Wildman–Crippen MR) is 103 cm³/mol. The molecule has 0 aliphatic carbocycles. The molecular formula is C19H26F2N2O5S. The summed E-state index contributed by atoms with van der Waals surface area (Å²) in [6, 6.07) is 6.36. The number of ether oxygens (including phenoxy) is 2. The average Bonchev–Trinajstić information content (AvgIpc) is 2.73. The first-order valence-electron chi connectivity index (χ1n) is 9.51. The van der Waals surface area contributed by atoms with Crippen LogP contribution in [0.5, 0.6) is 5.75 Å². The Morgan fingerprint density at radius 1 is 1.17 bits per heavy atom. The van der Waals surface area contributed by atoms with Crippen LogP contribution in [0.4, 0.5) is 8.78 Å². The molecule has 1 aromatic rings. The van der Waals surface area contributed by atoms with Crippen molar-refractivity contribution in [3.8, 4) is 5.75 Å². The van der Waals surface area contributed by atoms with Crippen molar-refractivity contribution in [1.82, 2.24) is 9.80 Å². The number of rotatable bonds is 6. The monoisotopic (exact) mass is 432 g/mol. The molecule has 162 valence electrons. The third-order valence-electron chi connectivity index (χ3n) is 5.46. The first-order chi connectivity index (χ1) is 13.9. The Balaban J connectivity index is 1.74. The van der Waals surface area contributed by atoms with Crippen LogP contribution in [0.2, 0.25) is 0 Å². The molecule has 29 heavy (non-hydrogen) atoms. The van der Waals surface area contributed by atoms with Gasteiger partial charge in [-0.25, -0.2) is 0 Å². The van der Waals surface area contributed by atoms with E-state index in [2.05, 4.69) is 4.74 Å². The Morgan fingerprint density at radius 3 is 2.41 bits per heavy atom. The highest BCUT2D eigenvalue weighted by molar-refractivity contribution is 7.85. The fraction of sp³-hybridized carbons (Fsp3) is 0.632. The lowest BCUT2D eigenvalue weighted by Crippen LogP contribution is -2.57. The topological polar surface area (TPSA) is 79.3 Å². The minimum Gasteiger partial charge on any atom is -0.469 e. The van der Waals surface area contributed by atoms with Crippen molar-refractivity contribution in [1.29, 1.82) is 0 Å². The van der Waals surface area contributed by atoms with Gasteiger partial charge in [-0.2, -0.15) is 8.78 Å². The number of aliphatic hydroxyl groups excluding tert-OH is 1. The summed E-state index contributed by atoms with van der Waals surface area (Å²) in [4.78, 5) is 15.9. The van der Waals surface area contributed by atoms with Gasteiger partial charge in [-0.15, -0.1) is 0 Å². The van der Waals surface area contributed by atoms with Gasteiger partial charge in [0.05, 0.1) is 13.0 Å². The molecule has 0 radical (unpaired) electrons. The van der Waals surface area contributed by atoms with Crippen LogP contribution in [0.25, 0.3) is 0 Å². The number of hydrogen-bond donors (Lipinski definition) is 1. The van der Waals surface area contributed by atoms with Crippen molar-refractivity contribution in [2.24, 2.45) is 5.92 Å². The molecule has 2 heterocycles. The van der Waals surface area contributed by atoms with Crippen LogP contribution >= 0.6 is 0 Å². The molecule has 10 heteroatoms. The summed E-state index contributed by atoms with van der Waals surface area (Å²) >= 11 is 0. The first-order valence-corrected chi connectivity index (χ1v) is 11.0. The second-order valence-corrected chi connectivity index (χ2v) is 8.98. The maximum absolute atomic E-state index is 12.4. The normalized spacial score (nSPS) is 25.7. The molecule has 0 spiro atoms. The third-order valence-corrected chi connectivity index (χ3v) is 6.73. The van der Waals surface area contributed by atoms with Crippen LogP contribution in [0, 0.1) is 5.92 Å². The second kappa shape index (κ2) is 9.92. The van der Waals surface area contributed by atoms with E-state index in [4.69, 9.17) is 4.74 Å². The largest absolute Gasteiger partial charge is 0.469 e. The number of aliphatic hydroxyl groups is 1. The number of benzene rings is 1. The highest BCUT2D eigenvalue weighted by Crippen LogP contribution is 2.33. The Hall–Kier alpha value is -1.62. The molecule has 0 saturated carbocycles. The standard InChI is InChI=1S/C19H26F2N2O5S/c1-27-17(24)15-10-14(13-2-4-16(5-3-13)28-18(20)21)11-23(12-15)19(25)22-6-8-29(26)9-7-22/h2-5,14-15,18-19,25H,6-12H2,1H3. The molecule has 1 aromatic carbocycles.